The van der Waals surface area contributed by atoms with Gasteiger partial charge in [0.05, 0.1) is 29.1 Å². The van der Waals surface area contributed by atoms with Crippen LogP contribution in [0.5, 0.6) is 0 Å². The monoisotopic (exact) mass is 368 g/mol. The summed E-state index contributed by atoms with van der Waals surface area (Å²) in [6.45, 7) is 12.7. The Morgan fingerprint density at radius 1 is 1.27 bits per heavy atom. The summed E-state index contributed by atoms with van der Waals surface area (Å²) in [4.78, 5) is 23.6. The van der Waals surface area contributed by atoms with Crippen LogP contribution in [0.1, 0.15) is 60.3 Å². The zero-order valence-electron chi connectivity index (χ0n) is 16.4. The molecule has 0 radical (unpaired) electrons. The molecule has 0 bridgehead atoms. The Bertz CT molecular complexity index is 613. The van der Waals surface area contributed by atoms with E-state index in [9.17, 15) is 24.9 Å². The second-order valence-corrected chi connectivity index (χ2v) is 9.38. The lowest BCUT2D eigenvalue weighted by Crippen LogP contribution is -2.67. The zero-order chi connectivity index (χ0) is 20.1. The first kappa shape index (κ1) is 20.9. The number of aliphatic hydroxyl groups is 1. The number of hydrogen-bond donors (Lipinski definition) is 3. The first-order valence-electron chi connectivity index (χ1n) is 9.19. The van der Waals surface area contributed by atoms with Gasteiger partial charge in [-0.1, -0.05) is 13.0 Å². The third-order valence-corrected chi connectivity index (χ3v) is 6.95. The van der Waals surface area contributed by atoms with Gasteiger partial charge in [-0.15, -0.1) is 6.58 Å². The van der Waals surface area contributed by atoms with Crippen LogP contribution in [0.2, 0.25) is 0 Å². The minimum Gasteiger partial charge on any atom is -0.481 e. The summed E-state index contributed by atoms with van der Waals surface area (Å²) in [6.07, 6.45) is 2.07. The van der Waals surface area contributed by atoms with E-state index in [1.165, 1.54) is 0 Å². The molecule has 1 aliphatic carbocycles. The molecular weight excluding hydrogens is 336 g/mol. The standard InChI is InChI=1S/C20H32O6/c1-7-18(4)10-12(21)15-19(5,11-14(22)23)13(17(2,3)16(24)25)8-9-20(15,6)26-18/h7,12-13,15,21H,1,8-11H2,2-6H3,(H,22,23)(H,24,25)/t12-,13?,15?,18-,19+,20-/m0/s1. The molecule has 0 amide bonds. The van der Waals surface area contributed by atoms with Gasteiger partial charge >= 0.3 is 11.9 Å². The lowest BCUT2D eigenvalue weighted by Gasteiger charge is -2.63. The number of ether oxygens (including phenoxy) is 1. The lowest BCUT2D eigenvalue weighted by atomic mass is 9.47. The number of carboxylic acid groups (broad SMARTS) is 2. The van der Waals surface area contributed by atoms with Crippen molar-refractivity contribution in [3.8, 4) is 0 Å². The topological polar surface area (TPSA) is 104 Å². The molecule has 2 fully saturated rings. The van der Waals surface area contributed by atoms with E-state index in [1.807, 2.05) is 20.8 Å². The highest BCUT2D eigenvalue weighted by Gasteiger charge is 2.64. The van der Waals surface area contributed by atoms with Crippen LogP contribution in [-0.2, 0) is 14.3 Å². The van der Waals surface area contributed by atoms with E-state index in [4.69, 9.17) is 4.74 Å². The summed E-state index contributed by atoms with van der Waals surface area (Å²) >= 11 is 0. The summed E-state index contributed by atoms with van der Waals surface area (Å²) in [5, 5.41) is 30.4. The van der Waals surface area contributed by atoms with Gasteiger partial charge in [0.25, 0.3) is 0 Å². The van der Waals surface area contributed by atoms with E-state index in [2.05, 4.69) is 6.58 Å². The fourth-order valence-electron chi connectivity index (χ4n) is 5.92. The first-order chi connectivity index (χ1) is 11.7. The molecule has 1 saturated heterocycles. The normalized spacial score (nSPS) is 43.4. The Balaban J connectivity index is 2.58. The molecule has 2 rings (SSSR count). The van der Waals surface area contributed by atoms with Crippen molar-refractivity contribution in [3.63, 3.8) is 0 Å². The van der Waals surface area contributed by atoms with Crippen LogP contribution in [0.25, 0.3) is 0 Å². The maximum atomic E-state index is 11.9. The van der Waals surface area contributed by atoms with E-state index in [1.54, 1.807) is 19.9 Å². The summed E-state index contributed by atoms with van der Waals surface area (Å²) in [5.74, 6) is -2.82. The summed E-state index contributed by atoms with van der Waals surface area (Å²) in [6, 6.07) is 0. The molecule has 0 aromatic carbocycles. The molecule has 0 aromatic rings. The zero-order valence-corrected chi connectivity index (χ0v) is 16.4. The van der Waals surface area contributed by atoms with Crippen molar-refractivity contribution in [1.82, 2.24) is 0 Å². The van der Waals surface area contributed by atoms with Gasteiger partial charge in [-0.25, -0.2) is 0 Å². The van der Waals surface area contributed by atoms with Gasteiger partial charge < -0.3 is 20.1 Å². The van der Waals surface area contributed by atoms with Crippen LogP contribution in [0, 0.1) is 22.7 Å². The molecule has 0 aromatic heterocycles. The van der Waals surface area contributed by atoms with E-state index >= 15 is 0 Å². The van der Waals surface area contributed by atoms with Gasteiger partial charge in [0, 0.05) is 12.3 Å². The van der Waals surface area contributed by atoms with Crippen molar-refractivity contribution in [3.05, 3.63) is 12.7 Å². The summed E-state index contributed by atoms with van der Waals surface area (Å²) in [5.41, 5.74) is -3.45. The van der Waals surface area contributed by atoms with E-state index in [-0.39, 0.29) is 6.42 Å². The highest BCUT2D eigenvalue weighted by molar-refractivity contribution is 5.75. The molecule has 1 saturated carbocycles. The molecule has 1 aliphatic heterocycles. The minimum atomic E-state index is -1.11. The Morgan fingerprint density at radius 3 is 2.31 bits per heavy atom. The predicted octanol–water partition coefficient (Wildman–Crippen LogP) is 3.09. The highest BCUT2D eigenvalue weighted by Crippen LogP contribution is 2.62. The molecular formula is C20H32O6. The van der Waals surface area contributed by atoms with E-state index < -0.39 is 51.9 Å². The molecule has 6 nitrogen and oxygen atoms in total. The van der Waals surface area contributed by atoms with Crippen LogP contribution in [0.3, 0.4) is 0 Å². The summed E-state index contributed by atoms with van der Waals surface area (Å²) < 4.78 is 6.37. The number of aliphatic carboxylic acids is 2. The van der Waals surface area contributed by atoms with E-state index in [0.717, 1.165) is 0 Å². The van der Waals surface area contributed by atoms with Crippen molar-refractivity contribution >= 4 is 11.9 Å². The molecule has 1 heterocycles. The average molecular weight is 368 g/mol. The quantitative estimate of drug-likeness (QED) is 0.644. The van der Waals surface area contributed by atoms with E-state index in [0.29, 0.717) is 19.3 Å². The smallest absolute Gasteiger partial charge is 0.309 e. The Hall–Kier alpha value is -1.40. The van der Waals surface area contributed by atoms with Gasteiger partial charge in [-0.3, -0.25) is 9.59 Å². The molecule has 148 valence electrons. The van der Waals surface area contributed by atoms with Crippen molar-refractivity contribution in [1.29, 1.82) is 0 Å². The van der Waals surface area contributed by atoms with Crippen LogP contribution >= 0.6 is 0 Å². The van der Waals surface area contributed by atoms with Crippen LogP contribution in [0.15, 0.2) is 12.7 Å². The Labute approximate surface area is 155 Å². The van der Waals surface area contributed by atoms with Gasteiger partial charge in [0.15, 0.2) is 0 Å². The fraction of sp³-hybridized carbons (Fsp3) is 0.800. The number of rotatable bonds is 5. The van der Waals surface area contributed by atoms with Crippen molar-refractivity contribution in [2.45, 2.75) is 77.6 Å². The second-order valence-electron chi connectivity index (χ2n) is 9.38. The van der Waals surface area contributed by atoms with Gasteiger partial charge in [-0.05, 0) is 51.9 Å². The van der Waals surface area contributed by atoms with Crippen LogP contribution in [0.4, 0.5) is 0 Å². The predicted molar refractivity (Wildman–Crippen MR) is 96.7 cm³/mol. The van der Waals surface area contributed by atoms with Crippen molar-refractivity contribution < 1.29 is 29.6 Å². The number of hydrogen-bond acceptors (Lipinski definition) is 4. The third kappa shape index (κ3) is 3.18. The molecule has 26 heavy (non-hydrogen) atoms. The average Bonchev–Trinajstić information content (AvgIpc) is 2.43. The first-order valence-corrected chi connectivity index (χ1v) is 9.19. The molecule has 2 aliphatic rings. The van der Waals surface area contributed by atoms with Crippen LogP contribution < -0.4 is 0 Å². The van der Waals surface area contributed by atoms with Gasteiger partial charge in [0.1, 0.15) is 0 Å². The molecule has 6 atom stereocenters. The van der Waals surface area contributed by atoms with Gasteiger partial charge in [-0.2, -0.15) is 0 Å². The maximum Gasteiger partial charge on any atom is 0.309 e. The van der Waals surface area contributed by atoms with Crippen molar-refractivity contribution in [2.75, 3.05) is 0 Å². The third-order valence-electron chi connectivity index (χ3n) is 6.95. The van der Waals surface area contributed by atoms with Gasteiger partial charge in [0.2, 0.25) is 0 Å². The van der Waals surface area contributed by atoms with Crippen LogP contribution in [-0.4, -0.2) is 44.6 Å². The minimum absolute atomic E-state index is 0.208. The molecule has 3 N–H and O–H groups in total. The molecule has 2 unspecified atom stereocenters. The fourth-order valence-corrected chi connectivity index (χ4v) is 5.92. The number of aliphatic hydroxyl groups excluding tert-OH is 1. The molecule has 6 heteroatoms. The Morgan fingerprint density at radius 2 is 1.85 bits per heavy atom. The maximum absolute atomic E-state index is 11.9. The second kappa shape index (κ2) is 6.34. The van der Waals surface area contributed by atoms with Crippen molar-refractivity contribution in [2.24, 2.45) is 22.7 Å². The number of fused-ring (bicyclic) bond motifs is 1. The molecule has 0 spiro atoms. The number of carbonyl (C=O) groups is 2. The summed E-state index contributed by atoms with van der Waals surface area (Å²) in [7, 11) is 0. The SMILES string of the molecule is C=C[C@@]1(C)C[C@H](O)C2[C@](C)(CC(=O)O)C(C(C)(C)C(=O)O)CC[C@]2(C)O1. The Kier molecular flexibility index (Phi) is 5.10. The largest absolute Gasteiger partial charge is 0.481 e. The highest BCUT2D eigenvalue weighted by atomic mass is 16.5. The number of carboxylic acids is 2. The lowest BCUT2D eigenvalue weighted by molar-refractivity contribution is -0.278.